The first-order chi connectivity index (χ1) is 16.3. The Kier molecular flexibility index (Phi) is 11.9. The third-order valence-corrected chi connectivity index (χ3v) is 6.76. The van der Waals surface area contributed by atoms with E-state index >= 15 is 0 Å². The van der Waals surface area contributed by atoms with Crippen molar-refractivity contribution in [3.8, 4) is 11.5 Å². The lowest BCUT2D eigenvalue weighted by molar-refractivity contribution is -0.165. The summed E-state index contributed by atoms with van der Waals surface area (Å²) in [6, 6.07) is 3.84. The van der Waals surface area contributed by atoms with Gasteiger partial charge in [0.25, 0.3) is 6.29 Å². The second-order valence-corrected chi connectivity index (χ2v) is 10.3. The smallest absolute Gasteiger partial charge is 0.308 e. The van der Waals surface area contributed by atoms with Gasteiger partial charge in [0.05, 0.1) is 5.41 Å². The highest BCUT2D eigenvalue weighted by Gasteiger charge is 2.44. The van der Waals surface area contributed by atoms with Gasteiger partial charge in [-0.1, -0.05) is 84.0 Å². The largest absolute Gasteiger partial charge is 0.453 e. The molecule has 0 saturated carbocycles. The normalized spacial score (nSPS) is 16.1. The Morgan fingerprint density at radius 3 is 1.85 bits per heavy atom. The minimum atomic E-state index is -0.684. The van der Waals surface area contributed by atoms with Gasteiger partial charge in [0.2, 0.25) is 0 Å². The molecule has 0 N–H and O–H groups in total. The van der Waals surface area contributed by atoms with Gasteiger partial charge in [-0.15, -0.1) is 0 Å². The number of aryl methyl sites for hydroxylation is 1. The molecule has 1 aliphatic rings. The number of benzene rings is 1. The quantitative estimate of drug-likeness (QED) is 0.139. The maximum Gasteiger partial charge on any atom is 0.308 e. The standard InChI is InChI=1S/C29H46O5/c1-6-7-8-9-10-11-12-13-14-15-16-17-18-19-24-20-27-25(21-26(24)32-22(2)30)29(4,5)28(34-27)33-23(3)31/h20-21,28H,6-19H2,1-5H3. The van der Waals surface area contributed by atoms with Crippen LogP contribution in [0.2, 0.25) is 0 Å². The van der Waals surface area contributed by atoms with Crippen molar-refractivity contribution in [2.75, 3.05) is 0 Å². The van der Waals surface area contributed by atoms with Crippen LogP contribution in [0.15, 0.2) is 12.1 Å². The van der Waals surface area contributed by atoms with Gasteiger partial charge in [-0.25, -0.2) is 0 Å². The second kappa shape index (κ2) is 14.4. The van der Waals surface area contributed by atoms with Gasteiger partial charge >= 0.3 is 11.9 Å². The van der Waals surface area contributed by atoms with Crippen molar-refractivity contribution in [3.63, 3.8) is 0 Å². The first-order valence-corrected chi connectivity index (χ1v) is 13.5. The number of hydrogen-bond donors (Lipinski definition) is 0. The molecule has 0 bridgehead atoms. The number of ether oxygens (including phenoxy) is 3. The fourth-order valence-electron chi connectivity index (χ4n) is 4.69. The topological polar surface area (TPSA) is 61.8 Å². The molecular weight excluding hydrogens is 428 g/mol. The maximum absolute atomic E-state index is 11.7. The van der Waals surface area contributed by atoms with Crippen LogP contribution in [0.5, 0.6) is 11.5 Å². The molecule has 1 heterocycles. The molecule has 0 aliphatic carbocycles. The van der Waals surface area contributed by atoms with Gasteiger partial charge in [-0.2, -0.15) is 0 Å². The fourth-order valence-corrected chi connectivity index (χ4v) is 4.69. The van der Waals surface area contributed by atoms with Crippen LogP contribution < -0.4 is 9.47 Å². The lowest BCUT2D eigenvalue weighted by atomic mass is 9.84. The molecule has 5 nitrogen and oxygen atoms in total. The monoisotopic (exact) mass is 474 g/mol. The van der Waals surface area contributed by atoms with Crippen molar-refractivity contribution >= 4 is 11.9 Å². The Labute approximate surface area is 206 Å². The Bertz CT molecular complexity index is 783. The lowest BCUT2D eigenvalue weighted by Crippen LogP contribution is -2.36. The third kappa shape index (κ3) is 8.96. The van der Waals surface area contributed by atoms with E-state index in [0.29, 0.717) is 11.5 Å². The SMILES string of the molecule is CCCCCCCCCCCCCCCc1cc2c(cc1OC(C)=O)C(C)(C)C(OC(C)=O)O2. The van der Waals surface area contributed by atoms with Crippen LogP contribution in [0.4, 0.5) is 0 Å². The highest BCUT2D eigenvalue weighted by molar-refractivity contribution is 5.71. The molecule has 0 radical (unpaired) electrons. The molecule has 1 aromatic rings. The molecule has 1 aliphatic heterocycles. The van der Waals surface area contributed by atoms with Crippen LogP contribution in [0.3, 0.4) is 0 Å². The molecule has 0 aromatic heterocycles. The highest BCUT2D eigenvalue weighted by atomic mass is 16.7. The van der Waals surface area contributed by atoms with Gasteiger partial charge in [0, 0.05) is 19.4 Å². The zero-order valence-electron chi connectivity index (χ0n) is 22.2. The van der Waals surface area contributed by atoms with E-state index in [1.807, 2.05) is 26.0 Å². The molecule has 0 saturated heterocycles. The van der Waals surface area contributed by atoms with Crippen molar-refractivity contribution in [3.05, 3.63) is 23.3 Å². The van der Waals surface area contributed by atoms with Crippen LogP contribution in [0.25, 0.3) is 0 Å². The second-order valence-electron chi connectivity index (χ2n) is 10.3. The summed E-state index contributed by atoms with van der Waals surface area (Å²) in [6.07, 6.45) is 17.2. The van der Waals surface area contributed by atoms with E-state index in [-0.39, 0.29) is 11.9 Å². The van der Waals surface area contributed by atoms with E-state index in [4.69, 9.17) is 14.2 Å². The molecule has 1 atom stereocenters. The molecule has 2 rings (SSSR count). The molecule has 34 heavy (non-hydrogen) atoms. The van der Waals surface area contributed by atoms with Crippen molar-refractivity contribution in [1.29, 1.82) is 0 Å². The van der Waals surface area contributed by atoms with E-state index in [9.17, 15) is 9.59 Å². The summed E-state index contributed by atoms with van der Waals surface area (Å²) in [7, 11) is 0. The highest BCUT2D eigenvalue weighted by Crippen LogP contribution is 2.46. The number of rotatable bonds is 16. The van der Waals surface area contributed by atoms with Crippen LogP contribution in [-0.2, 0) is 26.2 Å². The zero-order chi connectivity index (χ0) is 25.0. The first kappa shape index (κ1) is 28.2. The molecule has 5 heteroatoms. The van der Waals surface area contributed by atoms with Gasteiger partial charge < -0.3 is 14.2 Å². The molecular formula is C29H46O5. The average molecular weight is 475 g/mol. The molecule has 192 valence electrons. The minimum absolute atomic E-state index is 0.333. The van der Waals surface area contributed by atoms with E-state index < -0.39 is 11.7 Å². The van der Waals surface area contributed by atoms with E-state index in [2.05, 4.69) is 6.92 Å². The predicted octanol–water partition coefficient (Wildman–Crippen LogP) is 7.80. The van der Waals surface area contributed by atoms with Crippen LogP contribution in [0, 0.1) is 0 Å². The number of unbranched alkanes of at least 4 members (excludes halogenated alkanes) is 12. The van der Waals surface area contributed by atoms with Crippen LogP contribution >= 0.6 is 0 Å². The van der Waals surface area contributed by atoms with Crippen molar-refractivity contribution in [2.24, 2.45) is 0 Å². The van der Waals surface area contributed by atoms with Crippen molar-refractivity contribution in [2.45, 2.75) is 136 Å². The van der Waals surface area contributed by atoms with Crippen molar-refractivity contribution in [1.82, 2.24) is 0 Å². The van der Waals surface area contributed by atoms with Gasteiger partial charge in [0.15, 0.2) is 0 Å². The van der Waals surface area contributed by atoms with Gasteiger partial charge in [-0.05, 0) is 44.4 Å². The van der Waals surface area contributed by atoms with E-state index in [1.165, 1.54) is 84.5 Å². The fraction of sp³-hybridized carbons (Fsp3) is 0.724. The van der Waals surface area contributed by atoms with Gasteiger partial charge in [0.1, 0.15) is 11.5 Å². The summed E-state index contributed by atoms with van der Waals surface area (Å²) in [5.41, 5.74) is 1.34. The molecule has 1 aromatic carbocycles. The lowest BCUT2D eigenvalue weighted by Gasteiger charge is -2.24. The Balaban J connectivity index is 1.78. The summed E-state index contributed by atoms with van der Waals surface area (Å²) < 4.78 is 16.9. The van der Waals surface area contributed by atoms with Crippen LogP contribution in [-0.4, -0.2) is 18.2 Å². The number of carbonyl (C=O) groups is 2. The molecule has 0 spiro atoms. The number of esters is 2. The van der Waals surface area contributed by atoms with Crippen molar-refractivity contribution < 1.29 is 23.8 Å². The Morgan fingerprint density at radius 2 is 1.35 bits per heavy atom. The number of fused-ring (bicyclic) bond motifs is 1. The van der Waals surface area contributed by atoms with E-state index in [0.717, 1.165) is 30.4 Å². The molecule has 0 amide bonds. The summed E-state index contributed by atoms with van der Waals surface area (Å²) in [5, 5.41) is 0. The summed E-state index contributed by atoms with van der Waals surface area (Å²) in [5.74, 6) is 0.584. The Hall–Kier alpha value is -2.04. The minimum Gasteiger partial charge on any atom is -0.453 e. The molecule has 1 unspecified atom stereocenters. The maximum atomic E-state index is 11.7. The van der Waals surface area contributed by atoms with Gasteiger partial charge in [-0.3, -0.25) is 9.59 Å². The third-order valence-electron chi connectivity index (χ3n) is 6.76. The summed E-state index contributed by atoms with van der Waals surface area (Å²) in [6.45, 7) is 9.01. The predicted molar refractivity (Wildman–Crippen MR) is 136 cm³/mol. The first-order valence-electron chi connectivity index (χ1n) is 13.5. The summed E-state index contributed by atoms with van der Waals surface area (Å²) >= 11 is 0. The molecule has 0 fully saturated rings. The number of carbonyl (C=O) groups excluding carboxylic acids is 2. The number of hydrogen-bond acceptors (Lipinski definition) is 5. The Morgan fingerprint density at radius 1 is 0.824 bits per heavy atom. The zero-order valence-corrected chi connectivity index (χ0v) is 22.2. The average Bonchev–Trinajstić information content (AvgIpc) is 2.99. The van der Waals surface area contributed by atoms with Crippen LogP contribution in [0.1, 0.15) is 129 Å². The summed E-state index contributed by atoms with van der Waals surface area (Å²) in [4.78, 5) is 23.2. The van der Waals surface area contributed by atoms with E-state index in [1.54, 1.807) is 0 Å².